The lowest BCUT2D eigenvalue weighted by atomic mass is 9.98. The summed E-state index contributed by atoms with van der Waals surface area (Å²) in [5.41, 5.74) is 1.56. The van der Waals surface area contributed by atoms with E-state index in [-0.39, 0.29) is 17.7 Å². The zero-order chi connectivity index (χ0) is 23.7. The zero-order valence-electron chi connectivity index (χ0n) is 17.0. The molecule has 1 heterocycles. The number of nitrogens with zero attached hydrogens (tertiary/aromatic N) is 1. The summed E-state index contributed by atoms with van der Waals surface area (Å²) >= 11 is 8.07. The van der Waals surface area contributed by atoms with Gasteiger partial charge in [-0.2, -0.15) is 0 Å². The molecule has 2 atom stereocenters. The molecule has 0 saturated carbocycles. The van der Waals surface area contributed by atoms with E-state index in [2.05, 4.69) is 27.9 Å². The maximum absolute atomic E-state index is 13.8. The van der Waals surface area contributed by atoms with Crippen LogP contribution in [0.4, 0.5) is 5.69 Å². The minimum atomic E-state index is -1.35. The van der Waals surface area contributed by atoms with E-state index in [0.29, 0.717) is 21.8 Å². The number of aromatic hydroxyl groups is 1. The number of carbonyl (C=O) groups is 3. The molecule has 168 valence electrons. The molecule has 0 radical (unpaired) electrons. The second-order valence-corrected chi connectivity index (χ2v) is 9.25. The highest BCUT2D eigenvalue weighted by Gasteiger charge is 2.43. The van der Waals surface area contributed by atoms with E-state index in [0.717, 1.165) is 8.47 Å². The number of aliphatic carboxylic acids is 1. The second kappa shape index (κ2) is 9.40. The lowest BCUT2D eigenvalue weighted by molar-refractivity contribution is -0.143. The van der Waals surface area contributed by atoms with Crippen LogP contribution in [-0.4, -0.2) is 38.9 Å². The van der Waals surface area contributed by atoms with E-state index >= 15 is 0 Å². The molecule has 0 fully saturated rings. The van der Waals surface area contributed by atoms with Crippen LogP contribution in [0.1, 0.15) is 27.5 Å². The molecule has 33 heavy (non-hydrogen) atoms. The molecule has 2 unspecified atom stereocenters. The number of carbonyl (C=O) groups excluding carboxylic acids is 2. The van der Waals surface area contributed by atoms with Crippen LogP contribution >= 0.6 is 34.2 Å². The van der Waals surface area contributed by atoms with Crippen molar-refractivity contribution in [3.8, 4) is 5.75 Å². The lowest BCUT2D eigenvalue weighted by Crippen LogP contribution is -2.50. The van der Waals surface area contributed by atoms with Crippen LogP contribution in [0.3, 0.4) is 0 Å². The van der Waals surface area contributed by atoms with Gasteiger partial charge in [0, 0.05) is 15.0 Å². The second-order valence-electron chi connectivity index (χ2n) is 7.57. The Kier molecular flexibility index (Phi) is 6.57. The number of benzene rings is 3. The first-order valence-electron chi connectivity index (χ1n) is 9.94. The predicted octanol–water partition coefficient (Wildman–Crippen LogP) is 4.48. The standard InChI is InChI=1S/C24H18ClIN2O5/c25-15-5-3-14(4-6-15)21-22(30)27-19-10-7-16(26)12-18(19)23(31)28(21)20(24(32)33)11-13-1-8-17(29)9-2-13/h1-10,12,20-21,29H,11H2,(H,27,30)(H,32,33). The number of halogens is 2. The van der Waals surface area contributed by atoms with Gasteiger partial charge in [-0.1, -0.05) is 35.9 Å². The van der Waals surface area contributed by atoms with Crippen molar-refractivity contribution in [2.24, 2.45) is 0 Å². The molecule has 0 bridgehead atoms. The lowest BCUT2D eigenvalue weighted by Gasteiger charge is -2.34. The fourth-order valence-corrected chi connectivity index (χ4v) is 4.44. The molecule has 3 N–H and O–H groups in total. The van der Waals surface area contributed by atoms with Gasteiger partial charge in [-0.3, -0.25) is 9.59 Å². The van der Waals surface area contributed by atoms with Crippen molar-refractivity contribution in [3.63, 3.8) is 0 Å². The van der Waals surface area contributed by atoms with Gasteiger partial charge >= 0.3 is 5.97 Å². The van der Waals surface area contributed by atoms with E-state index in [1.807, 2.05) is 0 Å². The molecule has 3 aromatic carbocycles. The van der Waals surface area contributed by atoms with Crippen molar-refractivity contribution in [1.29, 1.82) is 0 Å². The quantitative estimate of drug-likeness (QED) is 0.389. The van der Waals surface area contributed by atoms with Gasteiger partial charge in [0.05, 0.1) is 11.3 Å². The van der Waals surface area contributed by atoms with Crippen molar-refractivity contribution < 1.29 is 24.6 Å². The topological polar surface area (TPSA) is 107 Å². The summed E-state index contributed by atoms with van der Waals surface area (Å²) in [6, 6.07) is 14.9. The Labute approximate surface area is 208 Å². The number of fused-ring (bicyclic) bond motifs is 1. The molecule has 3 aromatic rings. The number of hydrogen-bond acceptors (Lipinski definition) is 4. The molecule has 1 aliphatic heterocycles. The Morgan fingerprint density at radius 1 is 1.06 bits per heavy atom. The monoisotopic (exact) mass is 576 g/mol. The first-order chi connectivity index (χ1) is 15.7. The Morgan fingerprint density at radius 3 is 2.36 bits per heavy atom. The fourth-order valence-electron chi connectivity index (χ4n) is 3.82. The van der Waals surface area contributed by atoms with Gasteiger partial charge in [-0.15, -0.1) is 0 Å². The molecule has 0 aliphatic carbocycles. The van der Waals surface area contributed by atoms with Crippen LogP contribution in [0, 0.1) is 3.57 Å². The molecule has 2 amide bonds. The van der Waals surface area contributed by atoms with Gasteiger partial charge in [0.2, 0.25) is 0 Å². The van der Waals surface area contributed by atoms with Crippen molar-refractivity contribution in [1.82, 2.24) is 4.90 Å². The third-order valence-electron chi connectivity index (χ3n) is 5.40. The molecule has 4 rings (SSSR count). The van der Waals surface area contributed by atoms with Gasteiger partial charge in [0.25, 0.3) is 11.8 Å². The highest BCUT2D eigenvalue weighted by atomic mass is 127. The summed E-state index contributed by atoms with van der Waals surface area (Å²) in [5, 5.41) is 22.9. The van der Waals surface area contributed by atoms with Crippen LogP contribution in [0.15, 0.2) is 66.7 Å². The van der Waals surface area contributed by atoms with Crippen LogP contribution in [0.2, 0.25) is 5.02 Å². The number of hydrogen-bond donors (Lipinski definition) is 3. The summed E-state index contributed by atoms with van der Waals surface area (Å²) in [7, 11) is 0. The minimum Gasteiger partial charge on any atom is -0.508 e. The number of phenolic OH excluding ortho intramolecular Hbond substituents is 1. The Morgan fingerprint density at radius 2 is 1.73 bits per heavy atom. The van der Waals surface area contributed by atoms with Gasteiger partial charge in [0.1, 0.15) is 17.8 Å². The van der Waals surface area contributed by atoms with Gasteiger partial charge in [0.15, 0.2) is 0 Å². The largest absolute Gasteiger partial charge is 0.508 e. The predicted molar refractivity (Wildman–Crippen MR) is 131 cm³/mol. The zero-order valence-corrected chi connectivity index (χ0v) is 19.9. The molecule has 0 saturated heterocycles. The molecular weight excluding hydrogens is 559 g/mol. The molecule has 7 nitrogen and oxygen atoms in total. The van der Waals surface area contributed by atoms with Crippen molar-refractivity contribution in [2.45, 2.75) is 18.5 Å². The van der Waals surface area contributed by atoms with Crippen LogP contribution in [0.25, 0.3) is 0 Å². The van der Waals surface area contributed by atoms with Crippen LogP contribution in [-0.2, 0) is 16.0 Å². The van der Waals surface area contributed by atoms with Gasteiger partial charge in [-0.05, 0) is 76.2 Å². The molecular formula is C24H18ClIN2O5. The normalized spacial score (nSPS) is 16.5. The molecule has 9 heteroatoms. The number of amides is 2. The van der Waals surface area contributed by atoms with Crippen molar-refractivity contribution >= 4 is 57.7 Å². The number of nitrogens with one attached hydrogen (secondary N) is 1. The van der Waals surface area contributed by atoms with Crippen LogP contribution < -0.4 is 5.32 Å². The van der Waals surface area contributed by atoms with E-state index in [4.69, 9.17) is 11.6 Å². The highest BCUT2D eigenvalue weighted by Crippen LogP contribution is 2.34. The average Bonchev–Trinajstić information content (AvgIpc) is 2.88. The summed E-state index contributed by atoms with van der Waals surface area (Å²) in [5.74, 6) is -2.31. The molecule has 0 aromatic heterocycles. The smallest absolute Gasteiger partial charge is 0.326 e. The Hall–Kier alpha value is -3.11. The third-order valence-corrected chi connectivity index (χ3v) is 6.33. The van der Waals surface area contributed by atoms with Crippen LogP contribution in [0.5, 0.6) is 5.75 Å². The van der Waals surface area contributed by atoms with Gasteiger partial charge in [-0.25, -0.2) is 4.79 Å². The summed E-state index contributed by atoms with van der Waals surface area (Å²) in [6.45, 7) is 0. The third kappa shape index (κ3) is 4.81. The number of rotatable bonds is 5. The van der Waals surface area contributed by atoms with Crippen molar-refractivity contribution in [2.75, 3.05) is 5.32 Å². The first-order valence-corrected chi connectivity index (χ1v) is 11.4. The number of anilines is 1. The highest BCUT2D eigenvalue weighted by molar-refractivity contribution is 14.1. The summed E-state index contributed by atoms with van der Waals surface area (Å²) in [4.78, 5) is 40.7. The number of phenols is 1. The number of carboxylic acid groups (broad SMARTS) is 1. The Bertz CT molecular complexity index is 1230. The summed E-state index contributed by atoms with van der Waals surface area (Å²) < 4.78 is 0.768. The SMILES string of the molecule is O=C(O)C(Cc1ccc(O)cc1)N1C(=O)c2cc(I)ccc2NC(=O)C1c1ccc(Cl)cc1. The van der Waals surface area contributed by atoms with E-state index in [1.54, 1.807) is 54.6 Å². The molecule has 0 spiro atoms. The van der Waals surface area contributed by atoms with E-state index < -0.39 is 29.9 Å². The summed E-state index contributed by atoms with van der Waals surface area (Å²) in [6.07, 6.45) is -0.0576. The average molecular weight is 577 g/mol. The Balaban J connectivity index is 1.87. The van der Waals surface area contributed by atoms with E-state index in [1.165, 1.54) is 12.1 Å². The maximum atomic E-state index is 13.8. The van der Waals surface area contributed by atoms with Gasteiger partial charge < -0.3 is 20.4 Å². The minimum absolute atomic E-state index is 0.0402. The van der Waals surface area contributed by atoms with Crippen molar-refractivity contribution in [3.05, 3.63) is 92.0 Å². The van der Waals surface area contributed by atoms with E-state index in [9.17, 15) is 24.6 Å². The molecule has 1 aliphatic rings. The maximum Gasteiger partial charge on any atom is 0.326 e. The first kappa shape index (κ1) is 23.1. The number of carboxylic acids is 1. The fraction of sp³-hybridized carbons (Fsp3) is 0.125.